The molecule has 2 aromatic heterocycles. The third-order valence-electron chi connectivity index (χ3n) is 4.63. The van der Waals surface area contributed by atoms with Gasteiger partial charge in [0.25, 0.3) is 0 Å². The van der Waals surface area contributed by atoms with Crippen molar-refractivity contribution in [3.8, 4) is 11.3 Å². The van der Waals surface area contributed by atoms with Gasteiger partial charge in [-0.1, -0.05) is 12.1 Å². The molecule has 0 saturated heterocycles. The lowest BCUT2D eigenvalue weighted by Gasteiger charge is -2.06. The number of halogens is 2. The fraction of sp³-hybridized carbons (Fsp3) is 0.143. The number of aryl methyl sites for hydroxylation is 2. The molecule has 0 spiro atoms. The maximum absolute atomic E-state index is 13.7. The second-order valence-corrected chi connectivity index (χ2v) is 7.49. The molecular weight excluding hydrogens is 380 g/mol. The standard InChI is InChI=1S/C21H17F2N3OS/c1-12-3-4-14(7-13(12)2)19-10-26-16(11-28-21(26)25-19)9-20(27)24-18-6-5-15(22)8-17(18)23/h3-8,10-11H,9H2,1-2H3,(H,24,27). The number of imidazole rings is 1. The number of rotatable bonds is 4. The molecule has 4 nitrogen and oxygen atoms in total. The number of fused-ring (bicyclic) bond motifs is 1. The molecule has 2 aromatic carbocycles. The molecule has 0 saturated carbocycles. The summed E-state index contributed by atoms with van der Waals surface area (Å²) < 4.78 is 28.6. The Kier molecular flexibility index (Phi) is 4.68. The van der Waals surface area contributed by atoms with Crippen LogP contribution in [0.15, 0.2) is 48.0 Å². The number of hydrogen-bond acceptors (Lipinski definition) is 3. The van der Waals surface area contributed by atoms with Gasteiger partial charge in [0.2, 0.25) is 5.91 Å². The molecule has 0 aliphatic carbocycles. The zero-order valence-corrected chi connectivity index (χ0v) is 16.1. The van der Waals surface area contributed by atoms with Crippen LogP contribution in [0.3, 0.4) is 0 Å². The minimum Gasteiger partial charge on any atom is -0.323 e. The molecule has 7 heteroatoms. The Morgan fingerprint density at radius 2 is 1.96 bits per heavy atom. The lowest BCUT2D eigenvalue weighted by atomic mass is 10.0. The van der Waals surface area contributed by atoms with Crippen molar-refractivity contribution < 1.29 is 13.6 Å². The minimum atomic E-state index is -0.802. The summed E-state index contributed by atoms with van der Waals surface area (Å²) in [6.45, 7) is 4.12. The summed E-state index contributed by atoms with van der Waals surface area (Å²) in [7, 11) is 0. The van der Waals surface area contributed by atoms with Crippen molar-refractivity contribution in [1.82, 2.24) is 9.38 Å². The van der Waals surface area contributed by atoms with E-state index in [2.05, 4.69) is 36.3 Å². The van der Waals surface area contributed by atoms with E-state index < -0.39 is 11.6 Å². The largest absolute Gasteiger partial charge is 0.323 e. The molecule has 2 heterocycles. The molecule has 4 aromatic rings. The molecule has 0 atom stereocenters. The molecule has 0 bridgehead atoms. The van der Waals surface area contributed by atoms with E-state index in [0.717, 1.165) is 34.0 Å². The number of nitrogens with zero attached hydrogens (tertiary/aromatic N) is 2. The van der Waals surface area contributed by atoms with E-state index in [4.69, 9.17) is 0 Å². The predicted molar refractivity (Wildman–Crippen MR) is 107 cm³/mol. The summed E-state index contributed by atoms with van der Waals surface area (Å²) in [5.74, 6) is -1.87. The SMILES string of the molecule is Cc1ccc(-c2cn3c(CC(=O)Nc4ccc(F)cc4F)csc3n2)cc1C. The number of aromatic nitrogens is 2. The number of anilines is 1. The highest BCUT2D eigenvalue weighted by molar-refractivity contribution is 7.15. The Hall–Kier alpha value is -3.06. The average molecular weight is 397 g/mol. The molecule has 0 fully saturated rings. The first-order valence-electron chi connectivity index (χ1n) is 8.69. The van der Waals surface area contributed by atoms with Gasteiger partial charge in [-0.15, -0.1) is 11.3 Å². The molecule has 1 amide bonds. The lowest BCUT2D eigenvalue weighted by molar-refractivity contribution is -0.115. The Morgan fingerprint density at radius 1 is 1.14 bits per heavy atom. The highest BCUT2D eigenvalue weighted by atomic mass is 32.1. The van der Waals surface area contributed by atoms with Crippen LogP contribution in [0.5, 0.6) is 0 Å². The van der Waals surface area contributed by atoms with Gasteiger partial charge in [0.1, 0.15) is 11.6 Å². The van der Waals surface area contributed by atoms with Crippen molar-refractivity contribution in [2.24, 2.45) is 0 Å². The zero-order chi connectivity index (χ0) is 19.8. The number of carbonyl (C=O) groups excluding carboxylic acids is 1. The maximum atomic E-state index is 13.7. The van der Waals surface area contributed by atoms with Crippen LogP contribution in [-0.4, -0.2) is 15.3 Å². The monoisotopic (exact) mass is 397 g/mol. The van der Waals surface area contributed by atoms with Crippen molar-refractivity contribution in [2.75, 3.05) is 5.32 Å². The first-order chi connectivity index (χ1) is 13.4. The van der Waals surface area contributed by atoms with Gasteiger partial charge in [-0.3, -0.25) is 9.20 Å². The normalized spacial score (nSPS) is 11.1. The number of carbonyl (C=O) groups is 1. The molecule has 28 heavy (non-hydrogen) atoms. The van der Waals surface area contributed by atoms with Crippen LogP contribution in [0.1, 0.15) is 16.8 Å². The van der Waals surface area contributed by atoms with Crippen LogP contribution in [-0.2, 0) is 11.2 Å². The van der Waals surface area contributed by atoms with E-state index >= 15 is 0 Å². The topological polar surface area (TPSA) is 46.4 Å². The molecule has 1 N–H and O–H groups in total. The molecule has 142 valence electrons. The number of hydrogen-bond donors (Lipinski definition) is 1. The van der Waals surface area contributed by atoms with E-state index in [0.29, 0.717) is 0 Å². The van der Waals surface area contributed by atoms with Crippen LogP contribution in [0, 0.1) is 25.5 Å². The van der Waals surface area contributed by atoms with Crippen molar-refractivity contribution in [1.29, 1.82) is 0 Å². The van der Waals surface area contributed by atoms with Gasteiger partial charge in [-0.05, 0) is 43.2 Å². The first kappa shape index (κ1) is 18.3. The average Bonchev–Trinajstić information content (AvgIpc) is 3.22. The highest BCUT2D eigenvalue weighted by Gasteiger charge is 2.14. The Labute approximate surface area is 164 Å². The predicted octanol–water partition coefficient (Wildman–Crippen LogP) is 5.14. The summed E-state index contributed by atoms with van der Waals surface area (Å²) >= 11 is 1.44. The van der Waals surface area contributed by atoms with Crippen LogP contribution >= 0.6 is 11.3 Å². The Morgan fingerprint density at radius 3 is 2.71 bits per heavy atom. The summed E-state index contributed by atoms with van der Waals surface area (Å²) in [6, 6.07) is 9.23. The summed E-state index contributed by atoms with van der Waals surface area (Å²) in [5.41, 5.74) is 4.97. The first-order valence-corrected chi connectivity index (χ1v) is 9.56. The molecule has 0 radical (unpaired) electrons. The Bertz CT molecular complexity index is 1200. The van der Waals surface area contributed by atoms with Gasteiger partial charge in [0.15, 0.2) is 4.96 Å². The molecule has 0 unspecified atom stereocenters. The van der Waals surface area contributed by atoms with E-state index in [1.54, 1.807) is 0 Å². The van der Waals surface area contributed by atoms with Gasteiger partial charge in [-0.25, -0.2) is 13.8 Å². The second-order valence-electron chi connectivity index (χ2n) is 6.65. The fourth-order valence-electron chi connectivity index (χ4n) is 2.95. The Balaban J connectivity index is 1.56. The van der Waals surface area contributed by atoms with E-state index in [1.165, 1.54) is 28.5 Å². The molecule has 4 rings (SSSR count). The second kappa shape index (κ2) is 7.16. The summed E-state index contributed by atoms with van der Waals surface area (Å²) in [5, 5.41) is 4.34. The number of nitrogens with one attached hydrogen (secondary N) is 1. The van der Waals surface area contributed by atoms with Gasteiger partial charge in [-0.2, -0.15) is 0 Å². The van der Waals surface area contributed by atoms with E-state index in [1.807, 2.05) is 22.0 Å². The highest BCUT2D eigenvalue weighted by Crippen LogP contribution is 2.26. The summed E-state index contributed by atoms with van der Waals surface area (Å²) in [6.07, 6.45) is 1.95. The minimum absolute atomic E-state index is 0.0423. The van der Waals surface area contributed by atoms with Crippen molar-refractivity contribution in [3.05, 3.63) is 76.4 Å². The molecule has 0 aliphatic heterocycles. The van der Waals surface area contributed by atoms with E-state index in [-0.39, 0.29) is 18.0 Å². The molecular formula is C21H17F2N3OS. The van der Waals surface area contributed by atoms with E-state index in [9.17, 15) is 13.6 Å². The zero-order valence-electron chi connectivity index (χ0n) is 15.3. The van der Waals surface area contributed by atoms with Crippen LogP contribution in [0.4, 0.5) is 14.5 Å². The number of amides is 1. The third-order valence-corrected chi connectivity index (χ3v) is 5.52. The fourth-order valence-corrected chi connectivity index (χ4v) is 3.82. The van der Waals surface area contributed by atoms with Gasteiger partial charge in [0, 0.05) is 28.9 Å². The maximum Gasteiger partial charge on any atom is 0.230 e. The van der Waals surface area contributed by atoms with Gasteiger partial charge in [0.05, 0.1) is 17.8 Å². The van der Waals surface area contributed by atoms with Crippen LogP contribution < -0.4 is 5.32 Å². The van der Waals surface area contributed by atoms with Crippen molar-refractivity contribution >= 4 is 27.9 Å². The number of thiazole rings is 1. The quantitative estimate of drug-likeness (QED) is 0.518. The van der Waals surface area contributed by atoms with Crippen LogP contribution in [0.2, 0.25) is 0 Å². The molecule has 0 aliphatic rings. The van der Waals surface area contributed by atoms with Crippen LogP contribution in [0.25, 0.3) is 16.2 Å². The third kappa shape index (κ3) is 3.53. The lowest BCUT2D eigenvalue weighted by Crippen LogP contribution is -2.16. The van der Waals surface area contributed by atoms with Crippen molar-refractivity contribution in [3.63, 3.8) is 0 Å². The van der Waals surface area contributed by atoms with Crippen molar-refractivity contribution in [2.45, 2.75) is 20.3 Å². The smallest absolute Gasteiger partial charge is 0.230 e. The summed E-state index contributed by atoms with van der Waals surface area (Å²) in [4.78, 5) is 17.7. The van der Waals surface area contributed by atoms with Gasteiger partial charge < -0.3 is 5.32 Å². The number of benzene rings is 2. The van der Waals surface area contributed by atoms with Gasteiger partial charge >= 0.3 is 0 Å².